The zero-order chi connectivity index (χ0) is 20.1. The first-order valence-electron chi connectivity index (χ1n) is 10.9. The van der Waals surface area contributed by atoms with Crippen LogP contribution in [0.3, 0.4) is 0 Å². The summed E-state index contributed by atoms with van der Waals surface area (Å²) in [6, 6.07) is 1.60. The van der Waals surface area contributed by atoms with Gasteiger partial charge in [-0.2, -0.15) is 0 Å². The summed E-state index contributed by atoms with van der Waals surface area (Å²) < 4.78 is 5.65. The van der Waals surface area contributed by atoms with Gasteiger partial charge in [-0.05, 0) is 56.4 Å². The van der Waals surface area contributed by atoms with Crippen molar-refractivity contribution >= 4 is 6.47 Å². The molecule has 7 heteroatoms. The van der Waals surface area contributed by atoms with Crippen LogP contribution in [-0.4, -0.2) is 63.3 Å². The topological polar surface area (TPSA) is 82.7 Å². The van der Waals surface area contributed by atoms with Crippen LogP contribution in [0.25, 0.3) is 0 Å². The van der Waals surface area contributed by atoms with Gasteiger partial charge in [0.1, 0.15) is 0 Å². The van der Waals surface area contributed by atoms with E-state index < -0.39 is 0 Å². The summed E-state index contributed by atoms with van der Waals surface area (Å²) in [5.41, 5.74) is 0. The minimum Gasteiger partial charge on any atom is -0.483 e. The van der Waals surface area contributed by atoms with Crippen LogP contribution >= 0.6 is 0 Å². The fraction of sp³-hybridized carbons (Fsp3) is 0.857. The predicted octanol–water partition coefficient (Wildman–Crippen LogP) is 3.19. The third-order valence-corrected chi connectivity index (χ3v) is 6.66. The molecule has 0 spiro atoms. The summed E-state index contributed by atoms with van der Waals surface area (Å²) >= 11 is 0. The molecule has 0 aliphatic carbocycles. The first-order chi connectivity index (χ1) is 13.5. The van der Waals surface area contributed by atoms with Crippen molar-refractivity contribution in [1.29, 1.82) is 0 Å². The molecule has 0 saturated carbocycles. The van der Waals surface area contributed by atoms with Crippen LogP contribution in [0.5, 0.6) is 0 Å². The molecule has 2 bridgehead atoms. The highest BCUT2D eigenvalue weighted by molar-refractivity contribution is 5.32. The van der Waals surface area contributed by atoms with E-state index in [-0.39, 0.29) is 6.47 Å². The molecule has 1 aromatic heterocycles. The highest BCUT2D eigenvalue weighted by Crippen LogP contribution is 2.43. The number of rotatable bonds is 5. The Balaban J connectivity index is 0.000000706. The molecule has 0 aromatic carbocycles. The fourth-order valence-corrected chi connectivity index (χ4v) is 5.63. The van der Waals surface area contributed by atoms with E-state index >= 15 is 0 Å². The summed E-state index contributed by atoms with van der Waals surface area (Å²) in [7, 11) is 0. The summed E-state index contributed by atoms with van der Waals surface area (Å²) in [5, 5.41) is 15.1. The second kappa shape index (κ2) is 9.83. The van der Waals surface area contributed by atoms with Crippen molar-refractivity contribution in [3.63, 3.8) is 0 Å². The quantitative estimate of drug-likeness (QED) is 0.771. The highest BCUT2D eigenvalue weighted by atomic mass is 16.4. The number of nitrogens with zero attached hydrogens (tertiary/aromatic N) is 4. The molecule has 0 unspecified atom stereocenters. The molecule has 0 amide bonds. The molecule has 3 aliphatic heterocycles. The van der Waals surface area contributed by atoms with E-state index in [9.17, 15) is 0 Å². The lowest BCUT2D eigenvalue weighted by atomic mass is 9.71. The number of piperidine rings is 3. The standard InChI is InChI=1S/C20H34N4O.CH2O2/c1-14(2)7-8-19-17-10-16(18-6-4-5-9-24(18)19)11-23(12-17)13-20-22-21-15(3)25-20;2-1-3/h14,16-19H,4-13H2,1-3H3;1H,(H,2,3)/t16-,17+,18+,19+;/m1./s1. The average molecular weight is 393 g/mol. The van der Waals surface area contributed by atoms with Gasteiger partial charge in [-0.3, -0.25) is 14.6 Å². The third kappa shape index (κ3) is 5.11. The van der Waals surface area contributed by atoms with E-state index in [1.807, 2.05) is 6.92 Å². The summed E-state index contributed by atoms with van der Waals surface area (Å²) in [5.74, 6) is 3.92. The molecule has 7 nitrogen and oxygen atoms in total. The van der Waals surface area contributed by atoms with Gasteiger partial charge in [-0.25, -0.2) is 0 Å². The molecular weight excluding hydrogens is 356 g/mol. The number of likely N-dealkylation sites (tertiary alicyclic amines) is 1. The number of aryl methyl sites for hydroxylation is 1. The molecule has 158 valence electrons. The lowest BCUT2D eigenvalue weighted by Gasteiger charge is -2.57. The van der Waals surface area contributed by atoms with Gasteiger partial charge in [0.2, 0.25) is 11.8 Å². The summed E-state index contributed by atoms with van der Waals surface area (Å²) in [6.45, 7) is 10.9. The van der Waals surface area contributed by atoms with Gasteiger partial charge in [0.25, 0.3) is 6.47 Å². The van der Waals surface area contributed by atoms with Gasteiger partial charge >= 0.3 is 0 Å². The summed E-state index contributed by atoms with van der Waals surface area (Å²) in [6.07, 6.45) is 8.39. The fourth-order valence-electron chi connectivity index (χ4n) is 5.63. The van der Waals surface area contributed by atoms with Crippen LogP contribution in [-0.2, 0) is 11.3 Å². The Labute approximate surface area is 168 Å². The van der Waals surface area contributed by atoms with Crippen molar-refractivity contribution in [2.75, 3.05) is 19.6 Å². The molecule has 4 atom stereocenters. The van der Waals surface area contributed by atoms with Crippen molar-refractivity contribution in [3.05, 3.63) is 11.8 Å². The first-order valence-corrected chi connectivity index (χ1v) is 10.9. The molecule has 28 heavy (non-hydrogen) atoms. The van der Waals surface area contributed by atoms with Gasteiger partial charge in [0.15, 0.2) is 0 Å². The van der Waals surface area contributed by atoms with Crippen LogP contribution in [0.2, 0.25) is 0 Å². The van der Waals surface area contributed by atoms with Gasteiger partial charge in [-0.15, -0.1) is 10.2 Å². The van der Waals surface area contributed by atoms with Crippen LogP contribution in [0.15, 0.2) is 4.42 Å². The lowest BCUT2D eigenvalue weighted by molar-refractivity contribution is -0.122. The molecule has 3 fully saturated rings. The van der Waals surface area contributed by atoms with Crippen molar-refractivity contribution < 1.29 is 14.3 Å². The van der Waals surface area contributed by atoms with Crippen molar-refractivity contribution in [2.24, 2.45) is 17.8 Å². The van der Waals surface area contributed by atoms with Gasteiger partial charge in [-0.1, -0.05) is 20.3 Å². The van der Waals surface area contributed by atoms with Crippen LogP contribution in [0.1, 0.15) is 64.2 Å². The van der Waals surface area contributed by atoms with Crippen molar-refractivity contribution in [3.8, 4) is 0 Å². The predicted molar refractivity (Wildman–Crippen MR) is 107 cm³/mol. The van der Waals surface area contributed by atoms with E-state index in [4.69, 9.17) is 14.3 Å². The molecule has 3 aliphatic rings. The Morgan fingerprint density at radius 3 is 2.68 bits per heavy atom. The average Bonchev–Trinajstić information content (AvgIpc) is 3.07. The smallest absolute Gasteiger partial charge is 0.290 e. The monoisotopic (exact) mass is 392 g/mol. The second-order valence-corrected chi connectivity index (χ2v) is 9.11. The van der Waals surface area contributed by atoms with Crippen LogP contribution in [0, 0.1) is 24.7 Å². The molecule has 3 saturated heterocycles. The molecule has 4 heterocycles. The first kappa shape index (κ1) is 21.2. The molecular formula is C21H36N4O3. The maximum atomic E-state index is 8.36. The second-order valence-electron chi connectivity index (χ2n) is 9.11. The molecule has 4 rings (SSSR count). The minimum absolute atomic E-state index is 0.250. The zero-order valence-electron chi connectivity index (χ0n) is 17.6. The lowest BCUT2D eigenvalue weighted by Crippen LogP contribution is -2.63. The Kier molecular flexibility index (Phi) is 7.46. The minimum atomic E-state index is -0.250. The number of fused-ring (bicyclic) bond motifs is 4. The van der Waals surface area contributed by atoms with E-state index in [0.29, 0.717) is 5.89 Å². The van der Waals surface area contributed by atoms with Crippen molar-refractivity contribution in [1.82, 2.24) is 20.0 Å². The normalized spacial score (nSPS) is 30.4. The van der Waals surface area contributed by atoms with E-state index in [1.54, 1.807) is 0 Å². The van der Waals surface area contributed by atoms with Crippen LogP contribution in [0.4, 0.5) is 0 Å². The maximum absolute atomic E-state index is 8.36. The number of hydrogen-bond donors (Lipinski definition) is 1. The van der Waals surface area contributed by atoms with Crippen LogP contribution < -0.4 is 0 Å². The maximum Gasteiger partial charge on any atom is 0.290 e. The Morgan fingerprint density at radius 1 is 1.25 bits per heavy atom. The number of hydrogen-bond acceptors (Lipinski definition) is 6. The van der Waals surface area contributed by atoms with Crippen molar-refractivity contribution in [2.45, 2.75) is 77.9 Å². The highest BCUT2D eigenvalue weighted by Gasteiger charge is 2.46. The largest absolute Gasteiger partial charge is 0.483 e. The molecule has 1 aromatic rings. The van der Waals surface area contributed by atoms with E-state index in [1.165, 1.54) is 58.2 Å². The molecule has 0 radical (unpaired) electrons. The number of carbonyl (C=O) groups is 1. The Hall–Kier alpha value is -1.47. The number of aromatic nitrogens is 2. The SMILES string of the molecule is Cc1nnc(CN2C[C@H]3C[C@@H](C2)[C@H](CCC(C)C)N2CCCC[C@@H]32)o1.O=CO. The Morgan fingerprint density at radius 2 is 2.00 bits per heavy atom. The van der Waals surface area contributed by atoms with E-state index in [0.717, 1.165) is 42.3 Å². The van der Waals surface area contributed by atoms with Gasteiger partial charge in [0.05, 0.1) is 6.54 Å². The summed E-state index contributed by atoms with van der Waals surface area (Å²) in [4.78, 5) is 13.9. The zero-order valence-corrected chi connectivity index (χ0v) is 17.6. The third-order valence-electron chi connectivity index (χ3n) is 6.66. The van der Waals surface area contributed by atoms with Gasteiger partial charge in [0, 0.05) is 32.1 Å². The molecule has 1 N–H and O–H groups in total. The number of carboxylic acid groups (broad SMARTS) is 1. The van der Waals surface area contributed by atoms with Gasteiger partial charge < -0.3 is 9.52 Å². The van der Waals surface area contributed by atoms with E-state index in [2.05, 4.69) is 33.8 Å². The Bertz CT molecular complexity index is 621.